The van der Waals surface area contributed by atoms with Crippen molar-refractivity contribution in [3.63, 3.8) is 0 Å². The van der Waals surface area contributed by atoms with E-state index in [4.69, 9.17) is 4.74 Å². The Morgan fingerprint density at radius 3 is 2.35 bits per heavy atom. The number of hydrogen-bond donors (Lipinski definition) is 0. The summed E-state index contributed by atoms with van der Waals surface area (Å²) in [6.45, 7) is 11.0. The molecule has 0 aliphatic heterocycles. The van der Waals surface area contributed by atoms with Crippen molar-refractivity contribution in [2.45, 2.75) is 38.8 Å². The molecule has 0 aliphatic rings. The summed E-state index contributed by atoms with van der Waals surface area (Å²) < 4.78 is 35.1. The number of hydrogen-bond acceptors (Lipinski definition) is 4. The van der Waals surface area contributed by atoms with Gasteiger partial charge < -0.3 is 9.30 Å². The third-order valence-electron chi connectivity index (χ3n) is 5.32. The molecule has 0 unspecified atom stereocenters. The molecule has 0 N–H and O–H groups in total. The van der Waals surface area contributed by atoms with Gasteiger partial charge in [0, 0.05) is 25.5 Å². The maximum Gasteiger partial charge on any atom is 0.243 e. The highest BCUT2D eigenvalue weighted by Gasteiger charge is 2.25. The van der Waals surface area contributed by atoms with Crippen molar-refractivity contribution >= 4 is 10.0 Å². The molecule has 7 heteroatoms. The van der Waals surface area contributed by atoms with Crippen molar-refractivity contribution in [2.24, 2.45) is 0 Å². The Morgan fingerprint density at radius 1 is 1.13 bits per heavy atom. The molecule has 6 nitrogen and oxygen atoms in total. The fourth-order valence-corrected chi connectivity index (χ4v) is 5.08. The molecule has 0 aliphatic carbocycles. The Labute approximate surface area is 184 Å². The summed E-state index contributed by atoms with van der Waals surface area (Å²) in [4.78, 5) is 4.66. The number of benzene rings is 2. The zero-order valence-electron chi connectivity index (χ0n) is 18.5. The summed E-state index contributed by atoms with van der Waals surface area (Å²) in [6.07, 6.45) is 5.18. The largest absolute Gasteiger partial charge is 0.497 e. The van der Waals surface area contributed by atoms with Crippen molar-refractivity contribution in [3.05, 3.63) is 89.5 Å². The average Bonchev–Trinajstić information content (AvgIpc) is 3.17. The van der Waals surface area contributed by atoms with Crippen LogP contribution in [0.15, 0.2) is 66.3 Å². The molecule has 0 saturated carbocycles. The summed E-state index contributed by atoms with van der Waals surface area (Å²) in [5.41, 5.74) is 4.88. The van der Waals surface area contributed by atoms with E-state index in [0.717, 1.165) is 0 Å². The van der Waals surface area contributed by atoms with E-state index < -0.39 is 10.0 Å². The standard InChI is InChI=1S/C24H29N3O3S/c1-6-12-27(31(28,29)22-9-7-21(30-5)8-10-22)17-24-25-11-13-26(24)16-23-19(3)14-18(2)15-20(23)4/h6-11,13-15H,1,12,16-17H2,2-5H3. The van der Waals surface area contributed by atoms with Gasteiger partial charge in [-0.1, -0.05) is 23.8 Å². The van der Waals surface area contributed by atoms with E-state index in [9.17, 15) is 8.42 Å². The predicted octanol–water partition coefficient (Wildman–Crippen LogP) is 4.24. The minimum Gasteiger partial charge on any atom is -0.497 e. The second-order valence-corrected chi connectivity index (χ2v) is 9.55. The number of nitrogens with zero attached hydrogens (tertiary/aromatic N) is 3. The summed E-state index contributed by atoms with van der Waals surface area (Å²) in [5.74, 6) is 1.28. The van der Waals surface area contributed by atoms with E-state index >= 15 is 0 Å². The lowest BCUT2D eigenvalue weighted by atomic mass is 10.00. The van der Waals surface area contributed by atoms with Crippen LogP contribution >= 0.6 is 0 Å². The monoisotopic (exact) mass is 439 g/mol. The Morgan fingerprint density at radius 2 is 1.77 bits per heavy atom. The summed E-state index contributed by atoms with van der Waals surface area (Å²) >= 11 is 0. The maximum atomic E-state index is 13.3. The Bertz CT molecular complexity index is 1140. The first-order valence-electron chi connectivity index (χ1n) is 10.1. The first kappa shape index (κ1) is 22.8. The lowest BCUT2D eigenvalue weighted by Gasteiger charge is -2.22. The van der Waals surface area contributed by atoms with Gasteiger partial charge in [0.2, 0.25) is 10.0 Å². The molecule has 0 atom stereocenters. The van der Waals surface area contributed by atoms with Gasteiger partial charge in [-0.05, 0) is 61.7 Å². The molecule has 1 heterocycles. The molecular formula is C24H29N3O3S. The molecule has 0 amide bonds. The summed E-state index contributed by atoms with van der Waals surface area (Å²) in [5, 5.41) is 0. The SMILES string of the molecule is C=CCN(Cc1nccn1Cc1c(C)cc(C)cc1C)S(=O)(=O)c1ccc(OC)cc1. The minimum atomic E-state index is -3.72. The minimum absolute atomic E-state index is 0.150. The van der Waals surface area contributed by atoms with Gasteiger partial charge in [-0.2, -0.15) is 4.31 Å². The number of rotatable bonds is 9. The van der Waals surface area contributed by atoms with E-state index in [1.54, 1.807) is 43.6 Å². The maximum absolute atomic E-state index is 13.3. The van der Waals surface area contributed by atoms with Gasteiger partial charge in [-0.25, -0.2) is 13.4 Å². The molecule has 31 heavy (non-hydrogen) atoms. The smallest absolute Gasteiger partial charge is 0.243 e. The number of ether oxygens (including phenoxy) is 1. The third kappa shape index (κ3) is 5.06. The van der Waals surface area contributed by atoms with Crippen LogP contribution < -0.4 is 4.74 Å². The van der Waals surface area contributed by atoms with Crippen LogP contribution in [0.4, 0.5) is 0 Å². The van der Waals surface area contributed by atoms with Crippen LogP contribution in [0.2, 0.25) is 0 Å². The third-order valence-corrected chi connectivity index (χ3v) is 7.14. The zero-order chi connectivity index (χ0) is 22.6. The lowest BCUT2D eigenvalue weighted by molar-refractivity contribution is 0.413. The highest BCUT2D eigenvalue weighted by molar-refractivity contribution is 7.89. The van der Waals surface area contributed by atoms with E-state index in [2.05, 4.69) is 44.5 Å². The van der Waals surface area contributed by atoms with Crippen LogP contribution in [-0.4, -0.2) is 35.9 Å². The van der Waals surface area contributed by atoms with Gasteiger partial charge in [0.25, 0.3) is 0 Å². The summed E-state index contributed by atoms with van der Waals surface area (Å²) in [6, 6.07) is 10.7. The highest BCUT2D eigenvalue weighted by Crippen LogP contribution is 2.22. The Kier molecular flexibility index (Phi) is 6.97. The molecule has 1 aromatic heterocycles. The van der Waals surface area contributed by atoms with E-state index in [0.29, 0.717) is 18.1 Å². The van der Waals surface area contributed by atoms with Gasteiger partial charge >= 0.3 is 0 Å². The molecular weight excluding hydrogens is 410 g/mol. The quantitative estimate of drug-likeness (QED) is 0.468. The first-order valence-corrected chi connectivity index (χ1v) is 11.5. The molecule has 0 spiro atoms. The predicted molar refractivity (Wildman–Crippen MR) is 123 cm³/mol. The average molecular weight is 440 g/mol. The van der Waals surface area contributed by atoms with Crippen LogP contribution in [0.25, 0.3) is 0 Å². The zero-order valence-corrected chi connectivity index (χ0v) is 19.3. The molecule has 3 rings (SSSR count). The molecule has 0 bridgehead atoms. The van der Waals surface area contributed by atoms with Gasteiger partial charge in [0.15, 0.2) is 0 Å². The van der Waals surface area contributed by atoms with Crippen LogP contribution in [0, 0.1) is 20.8 Å². The Balaban J connectivity index is 1.89. The van der Waals surface area contributed by atoms with Gasteiger partial charge in [-0.3, -0.25) is 0 Å². The van der Waals surface area contributed by atoms with Gasteiger partial charge in [0.1, 0.15) is 11.6 Å². The highest BCUT2D eigenvalue weighted by atomic mass is 32.2. The van der Waals surface area contributed by atoms with E-state index in [1.165, 1.54) is 26.6 Å². The number of imidazole rings is 1. The lowest BCUT2D eigenvalue weighted by Crippen LogP contribution is -2.32. The van der Waals surface area contributed by atoms with Gasteiger partial charge in [-0.15, -0.1) is 6.58 Å². The molecule has 0 saturated heterocycles. The fourth-order valence-electron chi connectivity index (χ4n) is 3.71. The number of sulfonamides is 1. The normalized spacial score (nSPS) is 11.6. The second kappa shape index (κ2) is 9.49. The van der Waals surface area contributed by atoms with E-state index in [-0.39, 0.29) is 18.0 Å². The first-order chi connectivity index (χ1) is 14.8. The summed E-state index contributed by atoms with van der Waals surface area (Å²) in [7, 11) is -2.18. The van der Waals surface area contributed by atoms with Crippen LogP contribution in [-0.2, 0) is 23.1 Å². The fraction of sp³-hybridized carbons (Fsp3) is 0.292. The van der Waals surface area contributed by atoms with Crippen molar-refractivity contribution in [2.75, 3.05) is 13.7 Å². The molecule has 0 radical (unpaired) electrons. The van der Waals surface area contributed by atoms with Crippen molar-refractivity contribution in [3.8, 4) is 5.75 Å². The number of methoxy groups -OCH3 is 1. The number of aromatic nitrogens is 2. The van der Waals surface area contributed by atoms with Crippen molar-refractivity contribution < 1.29 is 13.2 Å². The second-order valence-electron chi connectivity index (χ2n) is 7.61. The molecule has 0 fully saturated rings. The van der Waals surface area contributed by atoms with Gasteiger partial charge in [0.05, 0.1) is 18.6 Å². The molecule has 2 aromatic carbocycles. The van der Waals surface area contributed by atoms with Crippen LogP contribution in [0.3, 0.4) is 0 Å². The topological polar surface area (TPSA) is 64.4 Å². The van der Waals surface area contributed by atoms with Crippen molar-refractivity contribution in [1.82, 2.24) is 13.9 Å². The Hall–Kier alpha value is -2.90. The molecule has 164 valence electrons. The van der Waals surface area contributed by atoms with Crippen LogP contribution in [0.1, 0.15) is 28.1 Å². The molecule has 3 aromatic rings. The number of aryl methyl sites for hydroxylation is 3. The van der Waals surface area contributed by atoms with Crippen molar-refractivity contribution in [1.29, 1.82) is 0 Å². The van der Waals surface area contributed by atoms with Crippen LogP contribution in [0.5, 0.6) is 5.75 Å². The van der Waals surface area contributed by atoms with E-state index in [1.807, 2.05) is 10.8 Å².